The number of hydrogen-bond donors (Lipinski definition) is 2. The van der Waals surface area contributed by atoms with E-state index in [1.165, 1.54) is 6.92 Å². The maximum absolute atomic E-state index is 11.4. The maximum atomic E-state index is 11.4. The van der Waals surface area contributed by atoms with Gasteiger partial charge in [-0.1, -0.05) is 13.0 Å². The highest BCUT2D eigenvalue weighted by Crippen LogP contribution is 2.21. The number of anilines is 1. The van der Waals surface area contributed by atoms with Crippen molar-refractivity contribution in [1.82, 2.24) is 0 Å². The molecule has 1 amide bonds. The lowest BCUT2D eigenvalue weighted by Crippen LogP contribution is -2.41. The highest BCUT2D eigenvalue weighted by atomic mass is 16.7. The van der Waals surface area contributed by atoms with Crippen LogP contribution in [0.1, 0.15) is 26.7 Å². The Hall–Kier alpha value is -2.38. The monoisotopic (exact) mass is 349 g/mol. The average Bonchev–Trinajstić information content (AvgIpc) is 2.57. The molecule has 0 bridgehead atoms. The smallest absolute Gasteiger partial charge is 0.305 e. The summed E-state index contributed by atoms with van der Waals surface area (Å²) in [5.41, 5.74) is 0.663. The Morgan fingerprint density at radius 3 is 2.60 bits per heavy atom. The predicted molar refractivity (Wildman–Crippen MR) is 91.0 cm³/mol. The van der Waals surface area contributed by atoms with Gasteiger partial charge in [0.15, 0.2) is 0 Å². The first kappa shape index (κ1) is 19.0. The van der Waals surface area contributed by atoms with Crippen LogP contribution in [0.4, 0.5) is 5.69 Å². The first-order valence-electron chi connectivity index (χ1n) is 8.19. The van der Waals surface area contributed by atoms with E-state index >= 15 is 0 Å². The van der Waals surface area contributed by atoms with Gasteiger partial charge < -0.3 is 24.6 Å². The van der Waals surface area contributed by atoms with Crippen molar-refractivity contribution in [2.45, 2.75) is 45.2 Å². The van der Waals surface area contributed by atoms with E-state index in [1.807, 2.05) is 6.92 Å². The number of nitrogens with one attached hydrogen (secondary N) is 1. The summed E-state index contributed by atoms with van der Waals surface area (Å²) in [6.07, 6.45) is 1.93. The molecule has 0 saturated carbocycles. The van der Waals surface area contributed by atoms with E-state index in [-0.39, 0.29) is 18.5 Å². The summed E-state index contributed by atoms with van der Waals surface area (Å²) in [6, 6.07) is 6.82. The standard InChI is InChI=1S/C18H23NO6/c1-3-4-17(22)23-11-16-15(21)9-10-18(25-16)24-14-7-5-13(6-8-14)19-12(2)20/h5-10,15-16,18,21H,3-4,11H2,1-2H3,(H,19,20)/t15-,16+,18-/m0/s1. The molecule has 25 heavy (non-hydrogen) atoms. The van der Waals surface area contributed by atoms with Gasteiger partial charge in [0.1, 0.15) is 24.6 Å². The Labute approximate surface area is 146 Å². The molecule has 3 atom stereocenters. The van der Waals surface area contributed by atoms with Crippen molar-refractivity contribution in [3.63, 3.8) is 0 Å². The molecule has 0 radical (unpaired) electrons. The molecule has 0 fully saturated rings. The SMILES string of the molecule is CCCC(=O)OC[C@H]1O[C@H](Oc2ccc(NC(C)=O)cc2)C=C[C@@H]1O. The number of carbonyl (C=O) groups excluding carboxylic acids is 2. The molecule has 2 N–H and O–H groups in total. The zero-order valence-corrected chi connectivity index (χ0v) is 14.3. The minimum absolute atomic E-state index is 0.0360. The second-order valence-electron chi connectivity index (χ2n) is 5.67. The van der Waals surface area contributed by atoms with Crippen molar-refractivity contribution in [3.8, 4) is 5.75 Å². The summed E-state index contributed by atoms with van der Waals surface area (Å²) >= 11 is 0. The second kappa shape index (κ2) is 9.19. The van der Waals surface area contributed by atoms with Crippen LogP contribution in [0.15, 0.2) is 36.4 Å². The van der Waals surface area contributed by atoms with Crippen LogP contribution in [0, 0.1) is 0 Å². The third kappa shape index (κ3) is 6.21. The zero-order chi connectivity index (χ0) is 18.2. The third-order valence-corrected chi connectivity index (χ3v) is 3.44. The summed E-state index contributed by atoms with van der Waals surface area (Å²) in [4.78, 5) is 22.4. The lowest BCUT2D eigenvalue weighted by Gasteiger charge is -2.29. The number of carbonyl (C=O) groups is 2. The van der Waals surface area contributed by atoms with Gasteiger partial charge in [-0.2, -0.15) is 0 Å². The quantitative estimate of drug-likeness (QED) is 0.578. The molecular weight excluding hydrogens is 326 g/mol. The summed E-state index contributed by atoms with van der Waals surface area (Å²) in [5.74, 6) is 0.0717. The Morgan fingerprint density at radius 1 is 1.24 bits per heavy atom. The largest absolute Gasteiger partial charge is 0.463 e. The van der Waals surface area contributed by atoms with E-state index in [9.17, 15) is 14.7 Å². The molecule has 136 valence electrons. The van der Waals surface area contributed by atoms with Crippen LogP contribution in [0.5, 0.6) is 5.75 Å². The summed E-state index contributed by atoms with van der Waals surface area (Å²) in [5, 5.41) is 12.6. The fourth-order valence-electron chi connectivity index (χ4n) is 2.24. The number of aliphatic hydroxyl groups is 1. The highest BCUT2D eigenvalue weighted by Gasteiger charge is 2.28. The van der Waals surface area contributed by atoms with E-state index in [2.05, 4.69) is 5.32 Å². The van der Waals surface area contributed by atoms with Gasteiger partial charge in [-0.15, -0.1) is 0 Å². The molecule has 2 rings (SSSR count). The highest BCUT2D eigenvalue weighted by molar-refractivity contribution is 5.88. The second-order valence-corrected chi connectivity index (χ2v) is 5.67. The predicted octanol–water partition coefficient (Wildman–Crippen LogP) is 2.01. The average molecular weight is 349 g/mol. The number of rotatable bonds is 7. The number of hydrogen-bond acceptors (Lipinski definition) is 6. The minimum Gasteiger partial charge on any atom is -0.463 e. The zero-order valence-electron chi connectivity index (χ0n) is 14.3. The van der Waals surface area contributed by atoms with E-state index < -0.39 is 18.5 Å². The van der Waals surface area contributed by atoms with Gasteiger partial charge in [0.05, 0.1) is 0 Å². The molecule has 0 saturated heterocycles. The van der Waals surface area contributed by atoms with E-state index in [0.29, 0.717) is 24.3 Å². The summed E-state index contributed by atoms with van der Waals surface area (Å²) in [7, 11) is 0. The molecule has 7 heteroatoms. The number of esters is 1. The number of benzene rings is 1. The number of aliphatic hydroxyl groups excluding tert-OH is 1. The maximum Gasteiger partial charge on any atom is 0.305 e. The number of ether oxygens (including phenoxy) is 3. The lowest BCUT2D eigenvalue weighted by molar-refractivity contribution is -0.167. The molecule has 0 aliphatic carbocycles. The van der Waals surface area contributed by atoms with Crippen LogP contribution in [-0.4, -0.2) is 42.1 Å². The lowest BCUT2D eigenvalue weighted by atomic mass is 10.1. The van der Waals surface area contributed by atoms with Gasteiger partial charge in [-0.25, -0.2) is 0 Å². The van der Waals surface area contributed by atoms with Crippen LogP contribution in [0.3, 0.4) is 0 Å². The number of amides is 1. The van der Waals surface area contributed by atoms with Crippen molar-refractivity contribution < 1.29 is 28.9 Å². The first-order valence-corrected chi connectivity index (χ1v) is 8.19. The van der Waals surface area contributed by atoms with Crippen LogP contribution >= 0.6 is 0 Å². The first-order chi connectivity index (χ1) is 12.0. The Morgan fingerprint density at radius 2 is 1.96 bits per heavy atom. The van der Waals surface area contributed by atoms with Gasteiger partial charge in [0, 0.05) is 19.0 Å². The van der Waals surface area contributed by atoms with Crippen LogP contribution in [0.2, 0.25) is 0 Å². The molecule has 7 nitrogen and oxygen atoms in total. The molecule has 0 aromatic heterocycles. The summed E-state index contributed by atoms with van der Waals surface area (Å²) < 4.78 is 16.4. The molecular formula is C18H23NO6. The van der Waals surface area contributed by atoms with Crippen molar-refractivity contribution in [3.05, 3.63) is 36.4 Å². The molecule has 0 unspecified atom stereocenters. The molecule has 1 aromatic carbocycles. The van der Waals surface area contributed by atoms with Gasteiger partial charge in [-0.3, -0.25) is 9.59 Å². The van der Waals surface area contributed by atoms with Gasteiger partial charge in [0.2, 0.25) is 12.2 Å². The molecule has 1 aliphatic rings. The molecule has 0 spiro atoms. The van der Waals surface area contributed by atoms with Crippen LogP contribution in [0.25, 0.3) is 0 Å². The Kier molecular flexibility index (Phi) is 6.97. The van der Waals surface area contributed by atoms with E-state index in [4.69, 9.17) is 14.2 Å². The van der Waals surface area contributed by atoms with Gasteiger partial charge in [0.25, 0.3) is 0 Å². The van der Waals surface area contributed by atoms with Gasteiger partial charge >= 0.3 is 5.97 Å². The van der Waals surface area contributed by atoms with Crippen molar-refractivity contribution in [2.24, 2.45) is 0 Å². The van der Waals surface area contributed by atoms with Crippen molar-refractivity contribution >= 4 is 17.6 Å². The normalized spacial score (nSPS) is 22.3. The van der Waals surface area contributed by atoms with E-state index in [0.717, 1.165) is 0 Å². The fourth-order valence-corrected chi connectivity index (χ4v) is 2.24. The third-order valence-electron chi connectivity index (χ3n) is 3.44. The minimum atomic E-state index is -0.864. The van der Waals surface area contributed by atoms with Crippen LogP contribution < -0.4 is 10.1 Å². The Balaban J connectivity index is 1.88. The van der Waals surface area contributed by atoms with Crippen molar-refractivity contribution in [1.29, 1.82) is 0 Å². The topological polar surface area (TPSA) is 94.1 Å². The molecule has 1 aromatic rings. The van der Waals surface area contributed by atoms with E-state index in [1.54, 1.807) is 36.4 Å². The van der Waals surface area contributed by atoms with Crippen LogP contribution in [-0.2, 0) is 19.1 Å². The molecule has 1 heterocycles. The van der Waals surface area contributed by atoms with Crippen molar-refractivity contribution in [2.75, 3.05) is 11.9 Å². The summed E-state index contributed by atoms with van der Waals surface area (Å²) in [6.45, 7) is 3.28. The fraction of sp³-hybridized carbons (Fsp3) is 0.444. The van der Waals surface area contributed by atoms with Gasteiger partial charge in [-0.05, 0) is 36.8 Å². The molecule has 1 aliphatic heterocycles. The Bertz CT molecular complexity index is 612.